The summed E-state index contributed by atoms with van der Waals surface area (Å²) in [4.78, 5) is 10.3. The van der Waals surface area contributed by atoms with E-state index in [0.717, 1.165) is 0 Å². The van der Waals surface area contributed by atoms with Gasteiger partial charge in [-0.3, -0.25) is 10.4 Å². The summed E-state index contributed by atoms with van der Waals surface area (Å²) in [6.45, 7) is 0. The van der Waals surface area contributed by atoms with Gasteiger partial charge in [0.15, 0.2) is 0 Å². The number of amides is 1. The lowest BCUT2D eigenvalue weighted by molar-refractivity contribution is 0.209. The second kappa shape index (κ2) is 2.99. The van der Waals surface area contributed by atoms with E-state index in [9.17, 15) is 9.18 Å². The first-order valence-electron chi connectivity index (χ1n) is 3.79. The molecule has 1 aromatic carbocycles. The zero-order chi connectivity index (χ0) is 10.1. The topological polar surface area (TPSA) is 78.0 Å². The average Bonchev–Trinajstić information content (AvgIpc) is 2.51. The lowest BCUT2D eigenvalue weighted by Crippen LogP contribution is -2.08. The highest BCUT2D eigenvalue weighted by molar-refractivity contribution is 5.88. The molecule has 1 aromatic heterocycles. The lowest BCUT2D eigenvalue weighted by Gasteiger charge is -2.01. The zero-order valence-electron chi connectivity index (χ0n) is 6.91. The van der Waals surface area contributed by atoms with E-state index in [2.05, 4.69) is 10.2 Å². The maximum absolute atomic E-state index is 13.2. The van der Waals surface area contributed by atoms with E-state index < -0.39 is 11.9 Å². The summed E-state index contributed by atoms with van der Waals surface area (Å²) >= 11 is 0. The number of carbonyl (C=O) groups is 1. The van der Waals surface area contributed by atoms with Crippen molar-refractivity contribution in [3.8, 4) is 0 Å². The molecule has 2 rings (SSSR count). The predicted molar refractivity (Wildman–Crippen MR) is 47.7 cm³/mol. The van der Waals surface area contributed by atoms with Crippen molar-refractivity contribution in [1.29, 1.82) is 0 Å². The van der Waals surface area contributed by atoms with Crippen molar-refractivity contribution in [1.82, 2.24) is 10.2 Å². The molecular weight excluding hydrogens is 189 g/mol. The SMILES string of the molecule is O=C(O)Nc1cc2cn[nH]c2cc1F. The van der Waals surface area contributed by atoms with E-state index in [1.807, 2.05) is 5.32 Å². The maximum Gasteiger partial charge on any atom is 0.409 e. The number of rotatable bonds is 1. The first-order chi connectivity index (χ1) is 6.66. The van der Waals surface area contributed by atoms with Gasteiger partial charge in [-0.1, -0.05) is 0 Å². The molecule has 14 heavy (non-hydrogen) atoms. The molecule has 0 fully saturated rings. The van der Waals surface area contributed by atoms with Crippen LogP contribution in [0.25, 0.3) is 10.9 Å². The normalized spacial score (nSPS) is 10.4. The highest BCUT2D eigenvalue weighted by Gasteiger charge is 2.07. The number of anilines is 1. The number of hydrogen-bond donors (Lipinski definition) is 3. The molecule has 0 aliphatic carbocycles. The Kier molecular flexibility index (Phi) is 1.81. The maximum atomic E-state index is 13.2. The van der Waals surface area contributed by atoms with E-state index in [-0.39, 0.29) is 5.69 Å². The minimum atomic E-state index is -1.30. The first kappa shape index (κ1) is 8.49. The number of hydrogen-bond acceptors (Lipinski definition) is 2. The fraction of sp³-hybridized carbons (Fsp3) is 0. The van der Waals surface area contributed by atoms with Crippen molar-refractivity contribution in [3.05, 3.63) is 24.1 Å². The van der Waals surface area contributed by atoms with Crippen molar-refractivity contribution in [2.45, 2.75) is 0 Å². The Morgan fingerprint density at radius 3 is 3.07 bits per heavy atom. The van der Waals surface area contributed by atoms with E-state index in [4.69, 9.17) is 5.11 Å². The number of aromatic nitrogens is 2. The molecule has 0 bridgehead atoms. The number of nitrogens with one attached hydrogen (secondary N) is 2. The minimum absolute atomic E-state index is 0.0774. The quantitative estimate of drug-likeness (QED) is 0.649. The first-order valence-corrected chi connectivity index (χ1v) is 3.79. The second-order valence-corrected chi connectivity index (χ2v) is 2.72. The lowest BCUT2D eigenvalue weighted by atomic mass is 10.2. The zero-order valence-corrected chi connectivity index (χ0v) is 6.91. The number of carboxylic acid groups (broad SMARTS) is 1. The van der Waals surface area contributed by atoms with Crippen LogP contribution in [0.3, 0.4) is 0 Å². The van der Waals surface area contributed by atoms with Crippen LogP contribution in [0.15, 0.2) is 18.3 Å². The fourth-order valence-corrected chi connectivity index (χ4v) is 1.18. The molecule has 0 unspecified atom stereocenters. The number of H-pyrrole nitrogens is 1. The van der Waals surface area contributed by atoms with Crippen molar-refractivity contribution >= 4 is 22.7 Å². The summed E-state index contributed by atoms with van der Waals surface area (Å²) in [5.41, 5.74) is 0.449. The van der Waals surface area contributed by atoms with E-state index in [1.54, 1.807) is 0 Å². The van der Waals surface area contributed by atoms with Crippen molar-refractivity contribution < 1.29 is 14.3 Å². The van der Waals surface area contributed by atoms with Gasteiger partial charge in [0.1, 0.15) is 5.82 Å². The number of halogens is 1. The van der Waals surface area contributed by atoms with Gasteiger partial charge in [0.25, 0.3) is 0 Å². The Bertz CT molecular complexity index is 494. The van der Waals surface area contributed by atoms with Crippen LogP contribution in [-0.4, -0.2) is 21.4 Å². The molecule has 1 amide bonds. The van der Waals surface area contributed by atoms with Gasteiger partial charge in [-0.05, 0) is 6.07 Å². The van der Waals surface area contributed by atoms with Gasteiger partial charge in [0, 0.05) is 11.5 Å². The van der Waals surface area contributed by atoms with Gasteiger partial charge in [-0.2, -0.15) is 5.10 Å². The van der Waals surface area contributed by atoms with Crippen molar-refractivity contribution in [3.63, 3.8) is 0 Å². The average molecular weight is 195 g/mol. The number of fused-ring (bicyclic) bond motifs is 1. The van der Waals surface area contributed by atoms with Gasteiger partial charge in [-0.15, -0.1) is 0 Å². The molecule has 3 N–H and O–H groups in total. The standard InChI is InChI=1S/C8H6FN3O2/c9-5-2-6-4(3-10-12-6)1-7(5)11-8(13)14/h1-3,11H,(H,10,12)(H,13,14). The van der Waals surface area contributed by atoms with Crippen LogP contribution in [-0.2, 0) is 0 Å². The summed E-state index contributed by atoms with van der Waals surface area (Å²) in [5, 5.41) is 17.3. The Balaban J connectivity index is 2.53. The predicted octanol–water partition coefficient (Wildman–Crippen LogP) is 1.79. The summed E-state index contributed by atoms with van der Waals surface area (Å²) in [6, 6.07) is 2.57. The Morgan fingerprint density at radius 2 is 2.36 bits per heavy atom. The number of nitrogens with zero attached hydrogens (tertiary/aromatic N) is 1. The largest absolute Gasteiger partial charge is 0.465 e. The summed E-state index contributed by atoms with van der Waals surface area (Å²) in [6.07, 6.45) is 0.189. The van der Waals surface area contributed by atoms with Crippen LogP contribution in [0.4, 0.5) is 14.9 Å². The summed E-state index contributed by atoms with van der Waals surface area (Å²) in [7, 11) is 0. The third-order valence-corrected chi connectivity index (χ3v) is 1.77. The monoisotopic (exact) mass is 195 g/mol. The Morgan fingerprint density at radius 1 is 1.57 bits per heavy atom. The van der Waals surface area contributed by atoms with Crippen LogP contribution < -0.4 is 5.32 Å². The van der Waals surface area contributed by atoms with Gasteiger partial charge in [0.2, 0.25) is 0 Å². The fourth-order valence-electron chi connectivity index (χ4n) is 1.18. The molecular formula is C8H6FN3O2. The Labute approximate surface area is 77.5 Å². The highest BCUT2D eigenvalue weighted by atomic mass is 19.1. The Hall–Kier alpha value is -2.11. The molecule has 0 spiro atoms. The molecule has 0 atom stereocenters. The van der Waals surface area contributed by atoms with Crippen LogP contribution in [0.5, 0.6) is 0 Å². The molecule has 72 valence electrons. The van der Waals surface area contributed by atoms with Gasteiger partial charge in [-0.25, -0.2) is 9.18 Å². The molecule has 1 heterocycles. The third kappa shape index (κ3) is 1.37. The van der Waals surface area contributed by atoms with E-state index in [1.165, 1.54) is 18.3 Å². The highest BCUT2D eigenvalue weighted by Crippen LogP contribution is 2.20. The van der Waals surface area contributed by atoms with Gasteiger partial charge in [0.05, 0.1) is 17.4 Å². The molecule has 0 aliphatic rings. The molecule has 0 aliphatic heterocycles. The van der Waals surface area contributed by atoms with Gasteiger partial charge >= 0.3 is 6.09 Å². The van der Waals surface area contributed by atoms with Crippen molar-refractivity contribution in [2.75, 3.05) is 5.32 Å². The molecule has 5 nitrogen and oxygen atoms in total. The molecule has 6 heteroatoms. The number of benzene rings is 1. The summed E-state index contributed by atoms with van der Waals surface area (Å²) in [5.74, 6) is -0.635. The summed E-state index contributed by atoms with van der Waals surface area (Å²) < 4.78 is 13.2. The van der Waals surface area contributed by atoms with Crippen LogP contribution in [0.1, 0.15) is 0 Å². The van der Waals surface area contributed by atoms with Crippen molar-refractivity contribution in [2.24, 2.45) is 0 Å². The molecule has 0 saturated heterocycles. The minimum Gasteiger partial charge on any atom is -0.465 e. The van der Waals surface area contributed by atoms with E-state index >= 15 is 0 Å². The van der Waals surface area contributed by atoms with Crippen LogP contribution in [0.2, 0.25) is 0 Å². The third-order valence-electron chi connectivity index (χ3n) is 1.77. The van der Waals surface area contributed by atoms with Gasteiger partial charge < -0.3 is 5.11 Å². The van der Waals surface area contributed by atoms with Crippen LogP contribution in [0, 0.1) is 5.82 Å². The molecule has 2 aromatic rings. The van der Waals surface area contributed by atoms with Crippen LogP contribution >= 0.6 is 0 Å². The molecule has 0 saturated carbocycles. The molecule has 0 radical (unpaired) electrons. The van der Waals surface area contributed by atoms with E-state index in [0.29, 0.717) is 10.9 Å². The smallest absolute Gasteiger partial charge is 0.409 e. The number of aromatic amines is 1. The second-order valence-electron chi connectivity index (χ2n) is 2.72.